The summed E-state index contributed by atoms with van der Waals surface area (Å²) in [6.07, 6.45) is 7.30. The predicted octanol–water partition coefficient (Wildman–Crippen LogP) is 6.10. The van der Waals surface area contributed by atoms with E-state index in [4.69, 9.17) is 16.6 Å². The number of nitrogens with zero attached hydrogens (tertiary/aromatic N) is 1. The van der Waals surface area contributed by atoms with Crippen LogP contribution in [0.2, 0.25) is 5.02 Å². The average Bonchev–Trinajstić information content (AvgIpc) is 3.21. The van der Waals surface area contributed by atoms with E-state index in [-0.39, 0.29) is 11.9 Å². The van der Waals surface area contributed by atoms with Gasteiger partial charge in [-0.2, -0.15) is 0 Å². The Labute approximate surface area is 198 Å². The van der Waals surface area contributed by atoms with Gasteiger partial charge in [0.25, 0.3) is 0 Å². The molecule has 1 amide bonds. The SMILES string of the molecule is CC(=O)NCCc1c[nH]c2ccc(C(C)Nc3c4c(nc5ccc(Cl)cc35)CCCC4)cc12. The molecule has 6 heteroatoms. The van der Waals surface area contributed by atoms with Crippen LogP contribution in [0.5, 0.6) is 0 Å². The van der Waals surface area contributed by atoms with E-state index in [2.05, 4.69) is 40.7 Å². The van der Waals surface area contributed by atoms with Gasteiger partial charge in [-0.25, -0.2) is 0 Å². The first-order valence-corrected chi connectivity index (χ1v) is 12.1. The van der Waals surface area contributed by atoms with E-state index in [1.54, 1.807) is 6.92 Å². The highest BCUT2D eigenvalue weighted by molar-refractivity contribution is 6.31. The summed E-state index contributed by atoms with van der Waals surface area (Å²) >= 11 is 6.37. The maximum Gasteiger partial charge on any atom is 0.216 e. The number of pyridine rings is 1. The zero-order valence-corrected chi connectivity index (χ0v) is 19.9. The van der Waals surface area contributed by atoms with Crippen LogP contribution in [0.4, 0.5) is 5.69 Å². The van der Waals surface area contributed by atoms with Crippen LogP contribution in [0.3, 0.4) is 0 Å². The molecule has 0 saturated carbocycles. The number of nitrogens with one attached hydrogen (secondary N) is 3. The van der Waals surface area contributed by atoms with Crippen molar-refractivity contribution in [3.63, 3.8) is 0 Å². The fourth-order valence-electron chi connectivity index (χ4n) is 4.91. The molecule has 1 unspecified atom stereocenters. The van der Waals surface area contributed by atoms with Crippen LogP contribution < -0.4 is 10.6 Å². The number of carbonyl (C=O) groups excluding carboxylic acids is 1. The van der Waals surface area contributed by atoms with Crippen LogP contribution in [-0.2, 0) is 24.1 Å². The number of amides is 1. The van der Waals surface area contributed by atoms with Crippen molar-refractivity contribution in [2.45, 2.75) is 52.0 Å². The number of fused-ring (bicyclic) bond motifs is 3. The Morgan fingerprint density at radius 2 is 2.00 bits per heavy atom. The van der Waals surface area contributed by atoms with Crippen molar-refractivity contribution in [1.29, 1.82) is 0 Å². The minimum Gasteiger partial charge on any atom is -0.378 e. The molecule has 0 saturated heterocycles. The van der Waals surface area contributed by atoms with E-state index in [0.29, 0.717) is 6.54 Å². The quantitative estimate of drug-likeness (QED) is 0.325. The molecule has 4 aromatic rings. The summed E-state index contributed by atoms with van der Waals surface area (Å²) in [6.45, 7) is 4.39. The van der Waals surface area contributed by atoms with Gasteiger partial charge in [0.15, 0.2) is 0 Å². The molecule has 170 valence electrons. The van der Waals surface area contributed by atoms with Crippen molar-refractivity contribution >= 4 is 45.0 Å². The van der Waals surface area contributed by atoms with Crippen LogP contribution in [0.15, 0.2) is 42.6 Å². The lowest BCUT2D eigenvalue weighted by Gasteiger charge is -2.25. The third-order valence-corrected chi connectivity index (χ3v) is 6.88. The molecule has 0 radical (unpaired) electrons. The summed E-state index contributed by atoms with van der Waals surface area (Å²) in [6, 6.07) is 12.7. The summed E-state index contributed by atoms with van der Waals surface area (Å²) < 4.78 is 0. The molecule has 0 spiro atoms. The molecule has 2 aromatic heterocycles. The predicted molar refractivity (Wildman–Crippen MR) is 136 cm³/mol. The van der Waals surface area contributed by atoms with Gasteiger partial charge >= 0.3 is 0 Å². The number of benzene rings is 2. The molecule has 2 aromatic carbocycles. The molecule has 5 rings (SSSR count). The Balaban J connectivity index is 1.49. The first-order chi connectivity index (χ1) is 16.0. The lowest BCUT2D eigenvalue weighted by molar-refractivity contribution is -0.118. The lowest BCUT2D eigenvalue weighted by Crippen LogP contribution is -2.22. The second-order valence-corrected chi connectivity index (χ2v) is 9.43. The molecular weight excluding hydrogens is 432 g/mol. The Hall–Kier alpha value is -3.05. The number of hydrogen-bond donors (Lipinski definition) is 3. The number of aromatic amines is 1. The number of carbonyl (C=O) groups is 1. The van der Waals surface area contributed by atoms with Crippen molar-refractivity contribution in [3.8, 4) is 0 Å². The second kappa shape index (κ2) is 9.06. The molecule has 33 heavy (non-hydrogen) atoms. The lowest BCUT2D eigenvalue weighted by atomic mass is 9.92. The van der Waals surface area contributed by atoms with Gasteiger partial charge in [0.1, 0.15) is 0 Å². The molecule has 0 aliphatic heterocycles. The monoisotopic (exact) mass is 460 g/mol. The Morgan fingerprint density at radius 1 is 1.15 bits per heavy atom. The van der Waals surface area contributed by atoms with Gasteiger partial charge in [0, 0.05) is 58.4 Å². The van der Waals surface area contributed by atoms with Crippen LogP contribution in [0.1, 0.15) is 55.1 Å². The number of rotatable bonds is 6. The minimum absolute atomic E-state index is 0.00126. The van der Waals surface area contributed by atoms with Gasteiger partial charge in [-0.15, -0.1) is 0 Å². The fraction of sp³-hybridized carbons (Fsp3) is 0.333. The highest BCUT2D eigenvalue weighted by atomic mass is 35.5. The number of anilines is 1. The standard InChI is InChI=1S/C27H29ClN4O/c1-16(18-7-9-24-22(13-18)19(15-30-24)11-12-29-17(2)33)31-27-21-5-3-4-6-25(21)32-26-10-8-20(28)14-23(26)27/h7-10,13-16,30H,3-6,11-12H2,1-2H3,(H,29,33)(H,31,32). The summed E-state index contributed by atoms with van der Waals surface area (Å²) in [5.74, 6) is 0.00126. The van der Waals surface area contributed by atoms with Gasteiger partial charge in [-0.3, -0.25) is 9.78 Å². The average molecular weight is 461 g/mol. The first kappa shape index (κ1) is 21.8. The molecule has 1 aliphatic rings. The molecule has 1 aliphatic carbocycles. The number of H-pyrrole nitrogens is 1. The van der Waals surface area contributed by atoms with Crippen LogP contribution in [0.25, 0.3) is 21.8 Å². The second-order valence-electron chi connectivity index (χ2n) is 9.00. The maximum absolute atomic E-state index is 11.2. The molecule has 2 heterocycles. The highest BCUT2D eigenvalue weighted by Gasteiger charge is 2.20. The van der Waals surface area contributed by atoms with E-state index < -0.39 is 0 Å². The smallest absolute Gasteiger partial charge is 0.216 e. The van der Waals surface area contributed by atoms with Crippen molar-refractivity contribution in [2.24, 2.45) is 0 Å². The van der Waals surface area contributed by atoms with E-state index in [1.165, 1.54) is 46.3 Å². The number of halogens is 1. The van der Waals surface area contributed by atoms with Gasteiger partial charge in [-0.05, 0) is 86.1 Å². The van der Waals surface area contributed by atoms with Gasteiger partial charge in [-0.1, -0.05) is 17.7 Å². The van der Waals surface area contributed by atoms with Gasteiger partial charge in [0.05, 0.1) is 5.52 Å². The number of aromatic nitrogens is 2. The van der Waals surface area contributed by atoms with Crippen LogP contribution in [-0.4, -0.2) is 22.4 Å². The Kier molecular flexibility index (Phi) is 5.98. The highest BCUT2D eigenvalue weighted by Crippen LogP contribution is 2.37. The summed E-state index contributed by atoms with van der Waals surface area (Å²) in [5, 5.41) is 9.74. The van der Waals surface area contributed by atoms with Crippen molar-refractivity contribution in [2.75, 3.05) is 11.9 Å². The normalized spacial score (nSPS) is 14.3. The zero-order valence-electron chi connectivity index (χ0n) is 19.1. The zero-order chi connectivity index (χ0) is 22.9. The first-order valence-electron chi connectivity index (χ1n) is 11.7. The number of aryl methyl sites for hydroxylation is 1. The van der Waals surface area contributed by atoms with Crippen LogP contribution in [0, 0.1) is 0 Å². The van der Waals surface area contributed by atoms with E-state index in [1.807, 2.05) is 24.4 Å². The largest absolute Gasteiger partial charge is 0.378 e. The van der Waals surface area contributed by atoms with Gasteiger partial charge < -0.3 is 15.6 Å². The summed E-state index contributed by atoms with van der Waals surface area (Å²) in [5.41, 5.74) is 8.27. The molecule has 1 atom stereocenters. The number of hydrogen-bond acceptors (Lipinski definition) is 3. The molecule has 3 N–H and O–H groups in total. The van der Waals surface area contributed by atoms with Crippen molar-refractivity contribution in [3.05, 3.63) is 70.0 Å². The third-order valence-electron chi connectivity index (χ3n) is 6.64. The summed E-state index contributed by atoms with van der Waals surface area (Å²) in [4.78, 5) is 19.5. The fourth-order valence-corrected chi connectivity index (χ4v) is 5.08. The molecule has 0 bridgehead atoms. The van der Waals surface area contributed by atoms with E-state index in [9.17, 15) is 4.79 Å². The Bertz CT molecular complexity index is 1340. The maximum atomic E-state index is 11.2. The minimum atomic E-state index is 0.00126. The molecular formula is C27H29ClN4O. The van der Waals surface area contributed by atoms with Crippen molar-refractivity contribution in [1.82, 2.24) is 15.3 Å². The van der Waals surface area contributed by atoms with E-state index in [0.717, 1.165) is 40.7 Å². The molecule has 0 fully saturated rings. The van der Waals surface area contributed by atoms with Crippen molar-refractivity contribution < 1.29 is 4.79 Å². The summed E-state index contributed by atoms with van der Waals surface area (Å²) in [7, 11) is 0. The Morgan fingerprint density at radius 3 is 2.85 bits per heavy atom. The molecule has 5 nitrogen and oxygen atoms in total. The van der Waals surface area contributed by atoms with E-state index >= 15 is 0 Å². The third kappa shape index (κ3) is 4.42. The topological polar surface area (TPSA) is 69.8 Å². The van der Waals surface area contributed by atoms with Gasteiger partial charge in [0.2, 0.25) is 5.91 Å². The van der Waals surface area contributed by atoms with Crippen LogP contribution >= 0.6 is 11.6 Å².